The molecule has 1 unspecified atom stereocenters. The van der Waals surface area contributed by atoms with E-state index in [1.807, 2.05) is 0 Å². The molecular weight excluding hydrogens is 196 g/mol. The zero-order valence-corrected chi connectivity index (χ0v) is 7.88. The van der Waals surface area contributed by atoms with E-state index in [9.17, 15) is 9.59 Å². The Kier molecular flexibility index (Phi) is 2.34. The lowest BCUT2D eigenvalue weighted by molar-refractivity contribution is -0.120. The predicted molar refractivity (Wildman–Crippen MR) is 52.8 cm³/mol. The van der Waals surface area contributed by atoms with Crippen LogP contribution in [-0.4, -0.2) is 23.1 Å². The number of pyridine rings is 1. The number of rotatable bonds is 1. The molecule has 6 heteroatoms. The molecule has 0 spiro atoms. The van der Waals surface area contributed by atoms with Gasteiger partial charge in [0.25, 0.3) is 0 Å². The summed E-state index contributed by atoms with van der Waals surface area (Å²) in [6, 6.07) is 2.83. The predicted octanol–water partition coefficient (Wildman–Crippen LogP) is -0.187. The summed E-state index contributed by atoms with van der Waals surface area (Å²) >= 11 is 0. The minimum atomic E-state index is -0.617. The second-order valence-corrected chi connectivity index (χ2v) is 3.20. The number of nitrogens with two attached hydrogens (primary N) is 1. The number of aromatic nitrogens is 1. The molecule has 1 aliphatic rings. The van der Waals surface area contributed by atoms with E-state index in [1.54, 1.807) is 24.5 Å². The first-order valence-corrected chi connectivity index (χ1v) is 4.47. The molecule has 78 valence electrons. The molecular formula is C9H10N4O2. The topological polar surface area (TPSA) is 88.3 Å². The summed E-state index contributed by atoms with van der Waals surface area (Å²) in [6.07, 6.45) is 2.61. The van der Waals surface area contributed by atoms with Gasteiger partial charge in [0.05, 0.1) is 18.3 Å². The molecule has 0 aliphatic carbocycles. The number of nitrogens with zero attached hydrogens (tertiary/aromatic N) is 2. The van der Waals surface area contributed by atoms with Crippen molar-refractivity contribution >= 4 is 17.6 Å². The molecule has 0 radical (unpaired) electrons. The molecule has 1 atom stereocenters. The van der Waals surface area contributed by atoms with Crippen LogP contribution in [0.4, 0.5) is 10.5 Å². The van der Waals surface area contributed by atoms with Gasteiger partial charge >= 0.3 is 6.03 Å². The van der Waals surface area contributed by atoms with Crippen molar-refractivity contribution in [3.8, 4) is 0 Å². The number of hydrogen-bond acceptors (Lipinski definition) is 4. The zero-order valence-electron chi connectivity index (χ0n) is 7.88. The fraction of sp³-hybridized carbons (Fsp3) is 0.222. The van der Waals surface area contributed by atoms with Gasteiger partial charge in [0.15, 0.2) is 0 Å². The monoisotopic (exact) mass is 206 g/mol. The first-order valence-electron chi connectivity index (χ1n) is 4.47. The van der Waals surface area contributed by atoms with Crippen LogP contribution >= 0.6 is 0 Å². The lowest BCUT2D eigenvalue weighted by Crippen LogP contribution is -2.58. The van der Waals surface area contributed by atoms with Gasteiger partial charge in [-0.2, -0.15) is 0 Å². The molecule has 1 aromatic rings. The lowest BCUT2D eigenvalue weighted by Gasteiger charge is -2.32. The Morgan fingerprint density at radius 2 is 2.07 bits per heavy atom. The zero-order chi connectivity index (χ0) is 10.8. The molecule has 0 bridgehead atoms. The number of nitrogens with one attached hydrogen (secondary N) is 1. The van der Waals surface area contributed by atoms with Crippen LogP contribution in [0.25, 0.3) is 0 Å². The van der Waals surface area contributed by atoms with Gasteiger partial charge < -0.3 is 5.73 Å². The number of urea groups is 1. The number of anilines is 1. The van der Waals surface area contributed by atoms with E-state index in [0.29, 0.717) is 5.69 Å². The molecule has 15 heavy (non-hydrogen) atoms. The summed E-state index contributed by atoms with van der Waals surface area (Å²) in [5.41, 5.74) is 6.34. The molecule has 2 rings (SSSR count). The first kappa shape index (κ1) is 9.60. The van der Waals surface area contributed by atoms with Crippen molar-refractivity contribution in [3.63, 3.8) is 0 Å². The van der Waals surface area contributed by atoms with E-state index in [2.05, 4.69) is 10.3 Å². The van der Waals surface area contributed by atoms with Gasteiger partial charge in [-0.25, -0.2) is 4.79 Å². The van der Waals surface area contributed by atoms with Crippen LogP contribution in [-0.2, 0) is 4.79 Å². The fourth-order valence-electron chi connectivity index (χ4n) is 1.48. The standard InChI is InChI=1S/C9H10N4O2/c10-7-5-8(14)12-9(15)13(7)6-1-3-11-4-2-6/h1-4,7H,5,10H2,(H,12,14,15). The quantitative estimate of drug-likeness (QED) is 0.666. The Morgan fingerprint density at radius 3 is 2.67 bits per heavy atom. The van der Waals surface area contributed by atoms with Crippen molar-refractivity contribution < 1.29 is 9.59 Å². The molecule has 1 fully saturated rings. The smallest absolute Gasteiger partial charge is 0.310 e. The minimum absolute atomic E-state index is 0.105. The van der Waals surface area contributed by atoms with E-state index >= 15 is 0 Å². The van der Waals surface area contributed by atoms with Crippen LogP contribution < -0.4 is 16.0 Å². The van der Waals surface area contributed by atoms with Gasteiger partial charge in [-0.05, 0) is 12.1 Å². The van der Waals surface area contributed by atoms with E-state index in [-0.39, 0.29) is 12.3 Å². The van der Waals surface area contributed by atoms with Crippen molar-refractivity contribution in [3.05, 3.63) is 24.5 Å². The summed E-state index contributed by atoms with van der Waals surface area (Å²) in [5, 5.41) is 2.21. The van der Waals surface area contributed by atoms with Gasteiger partial charge in [-0.15, -0.1) is 0 Å². The number of carbonyl (C=O) groups is 2. The Bertz CT molecular complexity index is 392. The average Bonchev–Trinajstić information content (AvgIpc) is 2.17. The Hall–Kier alpha value is -1.95. The van der Waals surface area contributed by atoms with Gasteiger partial charge in [-0.1, -0.05) is 0 Å². The van der Waals surface area contributed by atoms with Crippen molar-refractivity contribution in [1.82, 2.24) is 10.3 Å². The largest absolute Gasteiger partial charge is 0.329 e. The van der Waals surface area contributed by atoms with Crippen LogP contribution in [0.2, 0.25) is 0 Å². The summed E-state index contributed by atoms with van der Waals surface area (Å²) in [5.74, 6) is -0.349. The third kappa shape index (κ3) is 1.79. The SMILES string of the molecule is NC1CC(=O)NC(=O)N1c1ccncc1. The second-order valence-electron chi connectivity index (χ2n) is 3.20. The maximum atomic E-state index is 11.5. The van der Waals surface area contributed by atoms with E-state index in [4.69, 9.17) is 5.73 Å². The summed E-state index contributed by atoms with van der Waals surface area (Å²) < 4.78 is 0. The molecule has 1 aliphatic heterocycles. The average molecular weight is 206 g/mol. The number of hydrogen-bond donors (Lipinski definition) is 2. The van der Waals surface area contributed by atoms with Crippen LogP contribution in [0.5, 0.6) is 0 Å². The maximum Gasteiger partial charge on any atom is 0.329 e. The Balaban J connectivity index is 2.29. The summed E-state index contributed by atoms with van der Waals surface area (Å²) in [6.45, 7) is 0. The van der Waals surface area contributed by atoms with E-state index in [0.717, 1.165) is 0 Å². The van der Waals surface area contributed by atoms with Crippen LogP contribution in [0, 0.1) is 0 Å². The minimum Gasteiger partial charge on any atom is -0.310 e. The van der Waals surface area contributed by atoms with Crippen molar-refractivity contribution in [2.24, 2.45) is 5.73 Å². The number of carbonyl (C=O) groups excluding carboxylic acids is 2. The molecule has 6 nitrogen and oxygen atoms in total. The third-order valence-electron chi connectivity index (χ3n) is 2.13. The Morgan fingerprint density at radius 1 is 1.40 bits per heavy atom. The number of imide groups is 1. The highest BCUT2D eigenvalue weighted by atomic mass is 16.2. The highest BCUT2D eigenvalue weighted by Crippen LogP contribution is 2.17. The number of amides is 3. The van der Waals surface area contributed by atoms with Gasteiger partial charge in [0, 0.05) is 12.4 Å². The Labute approximate surface area is 86.1 Å². The second kappa shape index (κ2) is 3.66. The molecule has 1 saturated heterocycles. The van der Waals surface area contributed by atoms with Crippen LogP contribution in [0.1, 0.15) is 6.42 Å². The maximum absolute atomic E-state index is 11.5. The summed E-state index contributed by atoms with van der Waals surface area (Å²) in [4.78, 5) is 27.7. The fourth-order valence-corrected chi connectivity index (χ4v) is 1.48. The van der Waals surface area contributed by atoms with Crippen LogP contribution in [0.3, 0.4) is 0 Å². The summed E-state index contributed by atoms with van der Waals surface area (Å²) in [7, 11) is 0. The van der Waals surface area contributed by atoms with E-state index in [1.165, 1.54) is 4.90 Å². The highest BCUT2D eigenvalue weighted by molar-refractivity contribution is 6.06. The molecule has 0 saturated carbocycles. The highest BCUT2D eigenvalue weighted by Gasteiger charge is 2.30. The normalized spacial score (nSPS) is 21.4. The molecule has 0 aromatic carbocycles. The molecule has 3 N–H and O–H groups in total. The molecule has 3 amide bonds. The van der Waals surface area contributed by atoms with Crippen molar-refractivity contribution in [2.45, 2.75) is 12.6 Å². The van der Waals surface area contributed by atoms with Gasteiger partial charge in [-0.3, -0.25) is 20.0 Å². The lowest BCUT2D eigenvalue weighted by atomic mass is 10.2. The molecule has 2 heterocycles. The van der Waals surface area contributed by atoms with Gasteiger partial charge in [0.1, 0.15) is 0 Å². The van der Waals surface area contributed by atoms with Gasteiger partial charge in [0.2, 0.25) is 5.91 Å². The third-order valence-corrected chi connectivity index (χ3v) is 2.13. The first-order chi connectivity index (χ1) is 7.18. The van der Waals surface area contributed by atoms with E-state index < -0.39 is 12.2 Å². The van der Waals surface area contributed by atoms with Crippen LogP contribution in [0.15, 0.2) is 24.5 Å². The van der Waals surface area contributed by atoms with Crippen molar-refractivity contribution in [1.29, 1.82) is 0 Å². The van der Waals surface area contributed by atoms with Crippen molar-refractivity contribution in [2.75, 3.05) is 4.90 Å². The molecule has 1 aromatic heterocycles.